The molecule has 0 aliphatic rings. The molecule has 1 aromatic carbocycles. The second kappa shape index (κ2) is 11.8. The van der Waals surface area contributed by atoms with Crippen LogP contribution in [0.3, 0.4) is 0 Å². The van der Waals surface area contributed by atoms with Crippen LogP contribution in [0.25, 0.3) is 0 Å². The van der Waals surface area contributed by atoms with Gasteiger partial charge in [0.1, 0.15) is 5.82 Å². The Balaban J connectivity index is 0.00000249. The van der Waals surface area contributed by atoms with E-state index >= 15 is 0 Å². The molecule has 1 amide bonds. The lowest BCUT2D eigenvalue weighted by Crippen LogP contribution is -2.16. The Labute approximate surface area is 185 Å². The molecule has 0 atom stereocenters. The van der Waals surface area contributed by atoms with Gasteiger partial charge in [0.2, 0.25) is 0 Å². The summed E-state index contributed by atoms with van der Waals surface area (Å²) in [5, 5.41) is 5.58. The number of carbonyl (C=O) groups excluding carboxylic acids is 1. The second-order valence-electron chi connectivity index (χ2n) is 6.50. The molecule has 0 fully saturated rings. The Bertz CT molecular complexity index is 1020. The number of rotatable bonds is 6. The smallest absolute Gasteiger partial charge is 0.338 e. The molecule has 0 saturated heterocycles. The van der Waals surface area contributed by atoms with Crippen molar-refractivity contribution in [3.63, 3.8) is 0 Å². The summed E-state index contributed by atoms with van der Waals surface area (Å²) in [5.41, 5.74) is 0.799. The number of hydrogen-bond acceptors (Lipinski definition) is 3. The highest BCUT2D eigenvalue weighted by Gasteiger charge is 2.32. The third-order valence-corrected chi connectivity index (χ3v) is 4.16. The molecule has 4 nitrogen and oxygen atoms in total. The number of aromatic nitrogens is 1. The van der Waals surface area contributed by atoms with Gasteiger partial charge in [0.15, 0.2) is 5.82 Å². The number of allylic oxidation sites excluding steroid dienone is 4. The molecule has 0 bridgehead atoms. The van der Waals surface area contributed by atoms with E-state index in [0.717, 1.165) is 11.6 Å². The number of carbonyl (C=O) groups is 1. The number of alkyl halides is 3. The summed E-state index contributed by atoms with van der Waals surface area (Å²) in [6.45, 7) is 13.1. The second-order valence-corrected chi connectivity index (χ2v) is 6.50. The van der Waals surface area contributed by atoms with Crippen LogP contribution in [0.5, 0.6) is 0 Å². The molecule has 1 aromatic heterocycles. The quantitative estimate of drug-likeness (QED) is 0.360. The topological polar surface area (TPSA) is 54.0 Å². The van der Waals surface area contributed by atoms with Crippen molar-refractivity contribution in [3.05, 3.63) is 89.0 Å². The first-order valence-electron chi connectivity index (χ1n) is 9.94. The maximum atomic E-state index is 13.7. The van der Waals surface area contributed by atoms with Crippen molar-refractivity contribution in [2.45, 2.75) is 40.8 Å². The van der Waals surface area contributed by atoms with E-state index in [9.17, 15) is 22.4 Å². The highest BCUT2D eigenvalue weighted by molar-refractivity contribution is 6.05. The van der Waals surface area contributed by atoms with E-state index in [1.807, 2.05) is 33.8 Å². The lowest BCUT2D eigenvalue weighted by Gasteiger charge is -2.16. The maximum Gasteiger partial charge on any atom is 0.416 e. The van der Waals surface area contributed by atoms with Crippen molar-refractivity contribution in [1.29, 1.82) is 0 Å². The zero-order valence-electron chi connectivity index (χ0n) is 18.7. The first-order valence-corrected chi connectivity index (χ1v) is 9.94. The summed E-state index contributed by atoms with van der Waals surface area (Å²) >= 11 is 0. The van der Waals surface area contributed by atoms with Crippen molar-refractivity contribution in [2.75, 3.05) is 10.6 Å². The third kappa shape index (κ3) is 7.37. The minimum atomic E-state index is -4.77. The number of halogens is 4. The number of aryl methyl sites for hydroxylation is 1. The molecule has 0 unspecified atom stereocenters. The Morgan fingerprint density at radius 3 is 2.34 bits per heavy atom. The molecule has 0 aliphatic heterocycles. The predicted octanol–water partition coefficient (Wildman–Crippen LogP) is 7.27. The molecule has 0 saturated carbocycles. The largest absolute Gasteiger partial charge is 0.416 e. The van der Waals surface area contributed by atoms with Crippen LogP contribution in [-0.4, -0.2) is 10.9 Å². The average Bonchev–Trinajstić information content (AvgIpc) is 2.74. The zero-order chi connectivity index (χ0) is 24.5. The van der Waals surface area contributed by atoms with E-state index in [4.69, 9.17) is 0 Å². The molecule has 1 heterocycles. The number of pyridine rings is 1. The predicted molar refractivity (Wildman–Crippen MR) is 121 cm³/mol. The lowest BCUT2D eigenvalue weighted by atomic mass is 10.1. The fourth-order valence-electron chi connectivity index (χ4n) is 2.52. The van der Waals surface area contributed by atoms with Crippen molar-refractivity contribution >= 4 is 17.4 Å². The van der Waals surface area contributed by atoms with Crippen molar-refractivity contribution < 1.29 is 22.4 Å². The molecule has 0 aliphatic carbocycles. The fraction of sp³-hybridized carbons (Fsp3) is 0.250. The van der Waals surface area contributed by atoms with Crippen molar-refractivity contribution in [3.8, 4) is 0 Å². The molecule has 0 radical (unpaired) electrons. The monoisotopic (exact) mass is 449 g/mol. The highest BCUT2D eigenvalue weighted by Crippen LogP contribution is 2.31. The standard InChI is InChI=1S/C22H21F4N3O.C2H6/c1-5-7-18(14(4)6-2)28-20-19(8-13(3)12-27-20)29-21(30)15-9-16(22(24,25)26)11-17(23)10-15;1-2/h5-12H,1H2,2-4H3,(H,27,28)(H,29,30);1-2H3/b14-6-,18-7+;. The van der Waals surface area contributed by atoms with Gasteiger partial charge in [-0.3, -0.25) is 4.79 Å². The Morgan fingerprint density at radius 2 is 1.78 bits per heavy atom. The van der Waals surface area contributed by atoms with Crippen LogP contribution in [0.2, 0.25) is 0 Å². The SMILES string of the molecule is C=C/C=C(Nc1ncc(C)cc1NC(=O)c1cc(F)cc(C(F)(F)F)c1)\C(C)=C/C.CC. The number of nitrogens with one attached hydrogen (secondary N) is 2. The molecule has 2 rings (SSSR count). The summed E-state index contributed by atoms with van der Waals surface area (Å²) in [6, 6.07) is 3.29. The number of nitrogens with zero attached hydrogens (tertiary/aromatic N) is 1. The van der Waals surface area contributed by atoms with Gasteiger partial charge in [0.25, 0.3) is 5.91 Å². The van der Waals surface area contributed by atoms with Crippen LogP contribution in [0, 0.1) is 12.7 Å². The summed E-state index contributed by atoms with van der Waals surface area (Å²) in [6.07, 6.45) is 1.94. The normalized spacial score (nSPS) is 11.9. The molecule has 0 spiro atoms. The minimum Gasteiger partial charge on any atom is -0.338 e. The van der Waals surface area contributed by atoms with Crippen LogP contribution in [0.4, 0.5) is 29.1 Å². The van der Waals surface area contributed by atoms with Gasteiger partial charge in [-0.2, -0.15) is 13.2 Å². The van der Waals surface area contributed by atoms with Crippen molar-refractivity contribution in [2.24, 2.45) is 0 Å². The van der Waals surface area contributed by atoms with E-state index in [-0.39, 0.29) is 11.5 Å². The van der Waals surface area contributed by atoms with Gasteiger partial charge in [-0.15, -0.1) is 0 Å². The van der Waals surface area contributed by atoms with E-state index < -0.39 is 29.0 Å². The summed E-state index contributed by atoms with van der Waals surface area (Å²) < 4.78 is 52.5. The van der Waals surface area contributed by atoms with Crippen LogP contribution in [0.15, 0.2) is 66.5 Å². The van der Waals surface area contributed by atoms with Crippen LogP contribution < -0.4 is 10.6 Å². The number of amides is 1. The summed E-state index contributed by atoms with van der Waals surface area (Å²) in [7, 11) is 0. The zero-order valence-corrected chi connectivity index (χ0v) is 18.7. The molecule has 2 N–H and O–H groups in total. The number of anilines is 2. The van der Waals surface area contributed by atoms with Gasteiger partial charge in [0.05, 0.1) is 11.3 Å². The number of hydrogen-bond donors (Lipinski definition) is 2. The summed E-state index contributed by atoms with van der Waals surface area (Å²) in [4.78, 5) is 16.8. The molecule has 8 heteroatoms. The Morgan fingerprint density at radius 1 is 1.12 bits per heavy atom. The number of benzene rings is 1. The maximum absolute atomic E-state index is 13.7. The van der Waals surface area contributed by atoms with Gasteiger partial charge >= 0.3 is 6.18 Å². The van der Waals surface area contributed by atoms with Crippen LogP contribution in [-0.2, 0) is 6.18 Å². The van der Waals surface area contributed by atoms with Crippen LogP contribution in [0.1, 0.15) is 49.2 Å². The van der Waals surface area contributed by atoms with Gasteiger partial charge in [0, 0.05) is 17.5 Å². The Kier molecular flexibility index (Phi) is 9.84. The fourth-order valence-corrected chi connectivity index (χ4v) is 2.52. The summed E-state index contributed by atoms with van der Waals surface area (Å²) in [5.74, 6) is -1.78. The van der Waals surface area contributed by atoms with Gasteiger partial charge in [-0.25, -0.2) is 9.37 Å². The molecule has 172 valence electrons. The van der Waals surface area contributed by atoms with Gasteiger partial charge in [-0.05, 0) is 62.2 Å². The van der Waals surface area contributed by atoms with Crippen molar-refractivity contribution in [1.82, 2.24) is 4.98 Å². The van der Waals surface area contributed by atoms with Gasteiger partial charge in [-0.1, -0.05) is 32.6 Å². The third-order valence-electron chi connectivity index (χ3n) is 4.16. The lowest BCUT2D eigenvalue weighted by molar-refractivity contribution is -0.137. The minimum absolute atomic E-state index is 0.233. The average molecular weight is 449 g/mol. The highest BCUT2D eigenvalue weighted by atomic mass is 19.4. The first kappa shape index (κ1) is 26.6. The molecular formula is C24H27F4N3O. The van der Waals surface area contributed by atoms with Gasteiger partial charge < -0.3 is 10.6 Å². The molecular weight excluding hydrogens is 422 g/mol. The van der Waals surface area contributed by atoms with E-state index in [2.05, 4.69) is 22.2 Å². The Hall–Kier alpha value is -3.42. The molecule has 2 aromatic rings. The van der Waals surface area contributed by atoms with E-state index in [1.165, 1.54) is 0 Å². The molecule has 32 heavy (non-hydrogen) atoms. The van der Waals surface area contributed by atoms with E-state index in [0.29, 0.717) is 23.4 Å². The first-order chi connectivity index (χ1) is 15.0. The van der Waals surface area contributed by atoms with Crippen LogP contribution >= 0.6 is 0 Å². The van der Waals surface area contributed by atoms with E-state index in [1.54, 1.807) is 31.3 Å².